The van der Waals surface area contributed by atoms with E-state index in [-0.39, 0.29) is 12.0 Å². The molecule has 0 saturated heterocycles. The highest BCUT2D eigenvalue weighted by Gasteiger charge is 2.25. The van der Waals surface area contributed by atoms with Gasteiger partial charge in [0.05, 0.1) is 6.61 Å². The zero-order chi connectivity index (χ0) is 15.0. The van der Waals surface area contributed by atoms with E-state index in [1.54, 1.807) is 0 Å². The van der Waals surface area contributed by atoms with E-state index in [9.17, 15) is 5.11 Å². The number of nitrogens with one attached hydrogen (secondary N) is 2. The van der Waals surface area contributed by atoms with Crippen LogP contribution in [0.15, 0.2) is 6.07 Å². The summed E-state index contributed by atoms with van der Waals surface area (Å²) in [4.78, 5) is 8.83. The molecule has 1 rings (SSSR count). The molecule has 0 aromatic carbocycles. The Morgan fingerprint density at radius 2 is 1.85 bits per heavy atom. The smallest absolute Gasteiger partial charge is 0.224 e. The molecule has 5 heteroatoms. The lowest BCUT2D eigenvalue weighted by atomic mass is 9.83. The third kappa shape index (κ3) is 4.63. The minimum Gasteiger partial charge on any atom is -0.396 e. The average molecular weight is 280 g/mol. The summed E-state index contributed by atoms with van der Waals surface area (Å²) in [7, 11) is 0. The molecule has 0 amide bonds. The van der Waals surface area contributed by atoms with Gasteiger partial charge in [0, 0.05) is 30.3 Å². The predicted octanol–water partition coefficient (Wildman–Crippen LogP) is 2.82. The Bertz CT molecular complexity index is 397. The van der Waals surface area contributed by atoms with E-state index in [2.05, 4.69) is 41.4 Å². The number of aliphatic hydroxyl groups excluding tert-OH is 1. The highest BCUT2D eigenvalue weighted by atomic mass is 16.3. The van der Waals surface area contributed by atoms with Crippen molar-refractivity contribution in [2.24, 2.45) is 5.41 Å². The lowest BCUT2D eigenvalue weighted by Crippen LogP contribution is -2.32. The van der Waals surface area contributed by atoms with Crippen LogP contribution in [0, 0.1) is 12.3 Å². The number of nitrogens with zero attached hydrogens (tertiary/aromatic N) is 2. The lowest BCUT2D eigenvalue weighted by molar-refractivity contribution is 0.127. The molecule has 0 aliphatic rings. The Morgan fingerprint density at radius 3 is 2.40 bits per heavy atom. The molecule has 0 unspecified atom stereocenters. The Kier molecular flexibility index (Phi) is 6.71. The van der Waals surface area contributed by atoms with Gasteiger partial charge in [0.1, 0.15) is 5.82 Å². The summed E-state index contributed by atoms with van der Waals surface area (Å²) in [5.74, 6) is 1.48. The van der Waals surface area contributed by atoms with Gasteiger partial charge in [-0.2, -0.15) is 4.98 Å². The van der Waals surface area contributed by atoms with Crippen molar-refractivity contribution in [1.82, 2.24) is 9.97 Å². The summed E-state index contributed by atoms with van der Waals surface area (Å²) >= 11 is 0. The highest BCUT2D eigenvalue weighted by Crippen LogP contribution is 2.26. The van der Waals surface area contributed by atoms with Crippen molar-refractivity contribution in [3.05, 3.63) is 11.8 Å². The van der Waals surface area contributed by atoms with Gasteiger partial charge in [-0.05, 0) is 26.2 Å². The number of aryl methyl sites for hydroxylation is 1. The fraction of sp³-hybridized carbons (Fsp3) is 0.733. The molecule has 0 aliphatic heterocycles. The van der Waals surface area contributed by atoms with E-state index in [4.69, 9.17) is 0 Å². The van der Waals surface area contributed by atoms with E-state index in [1.165, 1.54) is 0 Å². The molecule has 5 nitrogen and oxygen atoms in total. The van der Waals surface area contributed by atoms with E-state index in [1.807, 2.05) is 13.0 Å². The lowest BCUT2D eigenvalue weighted by Gasteiger charge is -2.29. The topological polar surface area (TPSA) is 70.1 Å². The summed E-state index contributed by atoms with van der Waals surface area (Å²) in [5.41, 5.74) is 0.860. The maximum absolute atomic E-state index is 9.59. The van der Waals surface area contributed by atoms with Crippen LogP contribution in [0.1, 0.15) is 45.7 Å². The SMILES string of the molecule is CCCNc1nc(C)cc(NCC(CC)(CC)CO)n1. The third-order valence-corrected chi connectivity index (χ3v) is 3.87. The second-order valence-electron chi connectivity index (χ2n) is 5.36. The first-order valence-electron chi connectivity index (χ1n) is 7.53. The van der Waals surface area contributed by atoms with E-state index < -0.39 is 0 Å². The number of rotatable bonds is 9. The molecule has 20 heavy (non-hydrogen) atoms. The zero-order valence-corrected chi connectivity index (χ0v) is 13.2. The molecule has 1 aromatic rings. The van der Waals surface area contributed by atoms with Crippen molar-refractivity contribution in [2.45, 2.75) is 47.0 Å². The molecular weight excluding hydrogens is 252 g/mol. The number of anilines is 2. The molecule has 0 radical (unpaired) electrons. The number of aliphatic hydroxyl groups is 1. The van der Waals surface area contributed by atoms with Crippen LogP contribution in [-0.2, 0) is 0 Å². The van der Waals surface area contributed by atoms with Crippen LogP contribution in [0.3, 0.4) is 0 Å². The average Bonchev–Trinajstić information content (AvgIpc) is 2.47. The van der Waals surface area contributed by atoms with Gasteiger partial charge in [-0.15, -0.1) is 0 Å². The van der Waals surface area contributed by atoms with Gasteiger partial charge in [-0.1, -0.05) is 20.8 Å². The monoisotopic (exact) mass is 280 g/mol. The first kappa shape index (κ1) is 16.7. The number of hydrogen-bond donors (Lipinski definition) is 3. The molecule has 0 aliphatic carbocycles. The van der Waals surface area contributed by atoms with Crippen molar-refractivity contribution < 1.29 is 5.11 Å². The Labute approximate surface area is 122 Å². The second kappa shape index (κ2) is 8.04. The summed E-state index contributed by atoms with van der Waals surface area (Å²) in [5, 5.41) is 16.1. The minimum atomic E-state index is -0.0735. The fourth-order valence-electron chi connectivity index (χ4n) is 2.03. The molecular formula is C15H28N4O. The zero-order valence-electron chi connectivity index (χ0n) is 13.2. The van der Waals surface area contributed by atoms with Crippen LogP contribution in [-0.4, -0.2) is 34.8 Å². The Morgan fingerprint density at radius 1 is 1.15 bits per heavy atom. The van der Waals surface area contributed by atoms with Crippen LogP contribution in [0.5, 0.6) is 0 Å². The minimum absolute atomic E-state index is 0.0735. The van der Waals surface area contributed by atoms with Crippen LogP contribution in [0.2, 0.25) is 0 Å². The van der Waals surface area contributed by atoms with Gasteiger partial charge in [-0.3, -0.25) is 0 Å². The maximum Gasteiger partial charge on any atom is 0.224 e. The van der Waals surface area contributed by atoms with Gasteiger partial charge in [0.25, 0.3) is 0 Å². The van der Waals surface area contributed by atoms with Gasteiger partial charge in [-0.25, -0.2) is 4.98 Å². The molecule has 3 N–H and O–H groups in total. The van der Waals surface area contributed by atoms with E-state index >= 15 is 0 Å². The van der Waals surface area contributed by atoms with Crippen molar-refractivity contribution in [1.29, 1.82) is 0 Å². The Hall–Kier alpha value is -1.36. The van der Waals surface area contributed by atoms with Crippen LogP contribution in [0.4, 0.5) is 11.8 Å². The normalized spacial score (nSPS) is 11.4. The summed E-state index contributed by atoms with van der Waals surface area (Å²) in [6.45, 7) is 10.1. The van der Waals surface area contributed by atoms with Crippen molar-refractivity contribution in [3.63, 3.8) is 0 Å². The highest BCUT2D eigenvalue weighted by molar-refractivity contribution is 5.42. The summed E-state index contributed by atoms with van der Waals surface area (Å²) in [6.07, 6.45) is 2.93. The van der Waals surface area contributed by atoms with Gasteiger partial charge in [0.2, 0.25) is 5.95 Å². The van der Waals surface area contributed by atoms with Crippen LogP contribution < -0.4 is 10.6 Å². The molecule has 0 atom stereocenters. The first-order valence-corrected chi connectivity index (χ1v) is 7.53. The molecule has 0 bridgehead atoms. The van der Waals surface area contributed by atoms with Crippen molar-refractivity contribution in [3.8, 4) is 0 Å². The van der Waals surface area contributed by atoms with Crippen molar-refractivity contribution >= 4 is 11.8 Å². The second-order valence-corrected chi connectivity index (χ2v) is 5.36. The van der Waals surface area contributed by atoms with Crippen LogP contribution in [0.25, 0.3) is 0 Å². The van der Waals surface area contributed by atoms with E-state index in [0.717, 1.165) is 43.9 Å². The third-order valence-electron chi connectivity index (χ3n) is 3.87. The molecule has 0 saturated carbocycles. The standard InChI is InChI=1S/C15H28N4O/c1-5-8-16-14-18-12(4)9-13(19-14)17-10-15(6-2,7-3)11-20/h9,20H,5-8,10-11H2,1-4H3,(H2,16,17,18,19). The number of hydrogen-bond acceptors (Lipinski definition) is 5. The van der Waals surface area contributed by atoms with Crippen molar-refractivity contribution in [2.75, 3.05) is 30.3 Å². The maximum atomic E-state index is 9.59. The Balaban J connectivity index is 2.74. The number of aromatic nitrogens is 2. The predicted molar refractivity (Wildman–Crippen MR) is 84.1 cm³/mol. The largest absolute Gasteiger partial charge is 0.396 e. The van der Waals surface area contributed by atoms with Gasteiger partial charge < -0.3 is 15.7 Å². The molecule has 1 aromatic heterocycles. The summed E-state index contributed by atoms with van der Waals surface area (Å²) in [6, 6.07) is 1.94. The van der Waals surface area contributed by atoms with Gasteiger partial charge in [0.15, 0.2) is 0 Å². The molecule has 0 spiro atoms. The van der Waals surface area contributed by atoms with Gasteiger partial charge >= 0.3 is 0 Å². The first-order chi connectivity index (χ1) is 9.59. The molecule has 0 fully saturated rings. The van der Waals surface area contributed by atoms with E-state index in [0.29, 0.717) is 5.95 Å². The van der Waals surface area contributed by atoms with Crippen LogP contribution >= 0.6 is 0 Å². The molecule has 114 valence electrons. The fourth-order valence-corrected chi connectivity index (χ4v) is 2.03. The quantitative estimate of drug-likeness (QED) is 0.649. The summed E-state index contributed by atoms with van der Waals surface area (Å²) < 4.78 is 0. The molecule has 1 heterocycles.